The van der Waals surface area contributed by atoms with Crippen LogP contribution < -0.4 is 5.32 Å². The van der Waals surface area contributed by atoms with Gasteiger partial charge < -0.3 is 20.1 Å². The minimum atomic E-state index is -0.745. The lowest BCUT2D eigenvalue weighted by atomic mass is 9.92. The second-order valence-corrected chi connectivity index (χ2v) is 6.02. The molecule has 2 fully saturated rings. The fourth-order valence-corrected chi connectivity index (χ4v) is 2.78. The van der Waals surface area contributed by atoms with Gasteiger partial charge in [-0.3, -0.25) is 9.59 Å². The monoisotopic (exact) mass is 284 g/mol. The van der Waals surface area contributed by atoms with Crippen LogP contribution >= 0.6 is 0 Å². The zero-order valence-electron chi connectivity index (χ0n) is 12.1. The number of nitrogens with one attached hydrogen (secondary N) is 1. The fourth-order valence-electron chi connectivity index (χ4n) is 2.78. The molecule has 2 aliphatic heterocycles. The first kappa shape index (κ1) is 15.3. The summed E-state index contributed by atoms with van der Waals surface area (Å²) in [5, 5.41) is 12.3. The highest BCUT2D eigenvalue weighted by Gasteiger charge is 2.30. The summed E-state index contributed by atoms with van der Waals surface area (Å²) in [7, 11) is 0. The molecular formula is C14H24N2O4. The van der Waals surface area contributed by atoms with Gasteiger partial charge in [0.2, 0.25) is 5.91 Å². The molecule has 2 heterocycles. The zero-order chi connectivity index (χ0) is 14.6. The predicted octanol–water partition coefficient (Wildman–Crippen LogP) is 0.468. The molecule has 6 nitrogen and oxygen atoms in total. The van der Waals surface area contributed by atoms with Crippen LogP contribution in [0.25, 0.3) is 0 Å². The molecule has 1 amide bonds. The Morgan fingerprint density at radius 3 is 2.45 bits per heavy atom. The van der Waals surface area contributed by atoms with E-state index in [1.807, 2.05) is 0 Å². The molecule has 0 bridgehead atoms. The van der Waals surface area contributed by atoms with E-state index in [4.69, 9.17) is 9.84 Å². The lowest BCUT2D eigenvalue weighted by molar-refractivity contribution is -0.145. The van der Waals surface area contributed by atoms with Crippen LogP contribution in [0.3, 0.4) is 0 Å². The summed E-state index contributed by atoms with van der Waals surface area (Å²) in [6.07, 6.45) is 2.96. The molecule has 0 saturated carbocycles. The van der Waals surface area contributed by atoms with Crippen LogP contribution in [-0.2, 0) is 14.3 Å². The number of carbonyl (C=O) groups excluding carboxylic acids is 1. The van der Waals surface area contributed by atoms with E-state index in [2.05, 4.69) is 12.2 Å². The molecule has 0 aromatic heterocycles. The van der Waals surface area contributed by atoms with Gasteiger partial charge in [-0.15, -0.1) is 0 Å². The van der Waals surface area contributed by atoms with Crippen molar-refractivity contribution >= 4 is 11.9 Å². The highest BCUT2D eigenvalue weighted by molar-refractivity contribution is 5.79. The maximum absolute atomic E-state index is 12.1. The van der Waals surface area contributed by atoms with E-state index in [9.17, 15) is 9.59 Å². The van der Waals surface area contributed by atoms with E-state index < -0.39 is 5.97 Å². The van der Waals surface area contributed by atoms with Crippen molar-refractivity contribution in [3.05, 3.63) is 0 Å². The van der Waals surface area contributed by atoms with Crippen molar-refractivity contribution < 1.29 is 19.4 Å². The number of likely N-dealkylation sites (tertiary alicyclic amines) is 1. The van der Waals surface area contributed by atoms with Gasteiger partial charge in [0.1, 0.15) is 0 Å². The maximum Gasteiger partial charge on any atom is 0.306 e. The Balaban J connectivity index is 1.74. The van der Waals surface area contributed by atoms with E-state index in [0.717, 1.165) is 26.1 Å². The van der Waals surface area contributed by atoms with Gasteiger partial charge in [0.25, 0.3) is 0 Å². The number of ether oxygens (including phenoxy) is 1. The van der Waals surface area contributed by atoms with Gasteiger partial charge in [0.15, 0.2) is 0 Å². The van der Waals surface area contributed by atoms with Crippen molar-refractivity contribution in [2.45, 2.75) is 38.1 Å². The number of aliphatic carboxylic acids is 1. The molecule has 2 rings (SSSR count). The van der Waals surface area contributed by atoms with Gasteiger partial charge in [-0.05, 0) is 32.6 Å². The third kappa shape index (κ3) is 3.93. The normalized spacial score (nSPS) is 23.6. The quantitative estimate of drug-likeness (QED) is 0.784. The van der Waals surface area contributed by atoms with E-state index in [0.29, 0.717) is 32.5 Å². The van der Waals surface area contributed by atoms with Crippen molar-refractivity contribution in [1.29, 1.82) is 0 Å². The molecule has 0 radical (unpaired) electrons. The number of hydrogen-bond acceptors (Lipinski definition) is 4. The molecule has 6 heteroatoms. The smallest absolute Gasteiger partial charge is 0.306 e. The number of hydrogen-bond donors (Lipinski definition) is 2. The molecule has 0 aromatic carbocycles. The zero-order valence-corrected chi connectivity index (χ0v) is 12.1. The summed E-state index contributed by atoms with van der Waals surface area (Å²) in [5.74, 6) is -0.966. The molecule has 2 saturated heterocycles. The van der Waals surface area contributed by atoms with Crippen LogP contribution in [0.2, 0.25) is 0 Å². The van der Waals surface area contributed by atoms with Gasteiger partial charge in [0.05, 0.1) is 12.5 Å². The Hall–Kier alpha value is -1.14. The lowest BCUT2D eigenvalue weighted by Gasteiger charge is -2.36. The number of carbonyl (C=O) groups is 2. The van der Waals surface area contributed by atoms with Crippen LogP contribution in [0.5, 0.6) is 0 Å². The third-order valence-corrected chi connectivity index (χ3v) is 4.46. The molecule has 0 atom stereocenters. The summed E-state index contributed by atoms with van der Waals surface area (Å²) < 4.78 is 5.33. The number of carboxylic acids is 1. The summed E-state index contributed by atoms with van der Waals surface area (Å²) in [6.45, 7) is 5.03. The van der Waals surface area contributed by atoms with Crippen molar-refractivity contribution in [3.63, 3.8) is 0 Å². The summed E-state index contributed by atoms with van der Waals surface area (Å²) >= 11 is 0. The van der Waals surface area contributed by atoms with Crippen LogP contribution in [0, 0.1) is 5.92 Å². The van der Waals surface area contributed by atoms with Gasteiger partial charge in [-0.2, -0.15) is 0 Å². The van der Waals surface area contributed by atoms with Gasteiger partial charge in [-0.1, -0.05) is 0 Å². The van der Waals surface area contributed by atoms with Crippen LogP contribution in [0.4, 0.5) is 0 Å². The Morgan fingerprint density at radius 2 is 1.90 bits per heavy atom. The first-order chi connectivity index (χ1) is 9.50. The second kappa shape index (κ2) is 6.54. The minimum Gasteiger partial charge on any atom is -0.481 e. The van der Waals surface area contributed by atoms with E-state index in [1.165, 1.54) is 0 Å². The summed E-state index contributed by atoms with van der Waals surface area (Å²) in [6, 6.07) is 0. The highest BCUT2D eigenvalue weighted by atomic mass is 16.5. The standard InChI is InChI=1S/C14H24N2O4/c1-14(4-8-20-9-5-14)15-10-12(17)16-6-2-11(3-7-16)13(18)19/h11,15H,2-10H2,1H3,(H,18,19). The first-order valence-corrected chi connectivity index (χ1v) is 7.33. The second-order valence-electron chi connectivity index (χ2n) is 6.02. The van der Waals surface area contributed by atoms with Crippen molar-refractivity contribution in [1.82, 2.24) is 10.2 Å². The van der Waals surface area contributed by atoms with Crippen molar-refractivity contribution in [2.75, 3.05) is 32.8 Å². The van der Waals surface area contributed by atoms with E-state index in [1.54, 1.807) is 4.90 Å². The highest BCUT2D eigenvalue weighted by Crippen LogP contribution is 2.20. The molecule has 2 N–H and O–H groups in total. The van der Waals surface area contributed by atoms with Crippen LogP contribution in [0.1, 0.15) is 32.6 Å². The Kier molecular flexibility index (Phi) is 4.99. The molecule has 0 aromatic rings. The topological polar surface area (TPSA) is 78.9 Å². The summed E-state index contributed by atoms with van der Waals surface area (Å²) in [4.78, 5) is 24.8. The molecule has 2 aliphatic rings. The maximum atomic E-state index is 12.1. The van der Waals surface area contributed by atoms with Crippen LogP contribution in [-0.4, -0.2) is 60.3 Å². The number of carboxylic acid groups (broad SMARTS) is 1. The van der Waals surface area contributed by atoms with Gasteiger partial charge in [0, 0.05) is 31.8 Å². The number of rotatable bonds is 4. The van der Waals surface area contributed by atoms with Gasteiger partial charge >= 0.3 is 5.97 Å². The molecular weight excluding hydrogens is 260 g/mol. The van der Waals surface area contributed by atoms with Gasteiger partial charge in [-0.25, -0.2) is 0 Å². The Bertz CT molecular complexity index is 358. The Morgan fingerprint density at radius 1 is 1.30 bits per heavy atom. The first-order valence-electron chi connectivity index (χ1n) is 7.33. The number of nitrogens with zero attached hydrogens (tertiary/aromatic N) is 1. The number of piperidine rings is 1. The van der Waals surface area contributed by atoms with Crippen molar-refractivity contribution in [2.24, 2.45) is 5.92 Å². The predicted molar refractivity (Wildman–Crippen MR) is 73.4 cm³/mol. The van der Waals surface area contributed by atoms with Crippen LogP contribution in [0.15, 0.2) is 0 Å². The SMILES string of the molecule is CC1(NCC(=O)N2CCC(C(=O)O)CC2)CCOCC1. The average molecular weight is 284 g/mol. The largest absolute Gasteiger partial charge is 0.481 e. The average Bonchev–Trinajstić information content (AvgIpc) is 2.46. The number of amides is 1. The molecule has 0 aliphatic carbocycles. The van der Waals surface area contributed by atoms with Crippen molar-refractivity contribution in [3.8, 4) is 0 Å². The third-order valence-electron chi connectivity index (χ3n) is 4.46. The molecule has 0 unspecified atom stereocenters. The van der Waals surface area contributed by atoms with E-state index in [-0.39, 0.29) is 17.4 Å². The molecule has 114 valence electrons. The van der Waals surface area contributed by atoms with E-state index >= 15 is 0 Å². The summed E-state index contributed by atoms with van der Waals surface area (Å²) in [5.41, 5.74) is -0.0205. The molecule has 0 spiro atoms. The lowest BCUT2D eigenvalue weighted by Crippen LogP contribution is -2.52. The fraction of sp³-hybridized carbons (Fsp3) is 0.857. The minimum absolute atomic E-state index is 0.0205. The Labute approximate surface area is 119 Å². The molecule has 20 heavy (non-hydrogen) atoms.